The van der Waals surface area contributed by atoms with E-state index < -0.39 is 11.9 Å². The molecule has 4 heteroatoms. The SMILES string of the molecule is Cc1ccc(-c2cnc(C(C)C(=O)O)[nH]2)c(C)c1. The topological polar surface area (TPSA) is 66.0 Å². The van der Waals surface area contributed by atoms with Gasteiger partial charge in [0.2, 0.25) is 0 Å². The van der Waals surface area contributed by atoms with E-state index in [1.165, 1.54) is 5.56 Å². The van der Waals surface area contributed by atoms with Crippen molar-refractivity contribution in [3.63, 3.8) is 0 Å². The Morgan fingerprint density at radius 1 is 1.39 bits per heavy atom. The van der Waals surface area contributed by atoms with Crippen LogP contribution in [0.25, 0.3) is 11.3 Å². The Balaban J connectivity index is 2.38. The molecule has 1 aromatic carbocycles. The van der Waals surface area contributed by atoms with Crippen molar-refractivity contribution in [2.75, 3.05) is 0 Å². The first-order valence-corrected chi connectivity index (χ1v) is 5.84. The molecular weight excluding hydrogens is 228 g/mol. The molecule has 0 saturated heterocycles. The molecule has 1 unspecified atom stereocenters. The summed E-state index contributed by atoms with van der Waals surface area (Å²) < 4.78 is 0. The van der Waals surface area contributed by atoms with Gasteiger partial charge in [0.25, 0.3) is 0 Å². The van der Waals surface area contributed by atoms with Gasteiger partial charge in [-0.25, -0.2) is 4.98 Å². The van der Waals surface area contributed by atoms with E-state index in [1.807, 2.05) is 26.0 Å². The standard InChI is InChI=1S/C14H16N2O2/c1-8-4-5-11(9(2)6-8)12-7-15-13(16-12)10(3)14(17)18/h4-7,10H,1-3H3,(H,15,16)(H,17,18). The fourth-order valence-corrected chi connectivity index (χ4v) is 1.93. The van der Waals surface area contributed by atoms with Gasteiger partial charge >= 0.3 is 5.97 Å². The van der Waals surface area contributed by atoms with Gasteiger partial charge in [-0.3, -0.25) is 4.79 Å². The molecule has 4 nitrogen and oxygen atoms in total. The Morgan fingerprint density at radius 2 is 2.11 bits per heavy atom. The minimum absolute atomic E-state index is 0.484. The first kappa shape index (κ1) is 12.4. The molecule has 2 aromatic rings. The van der Waals surface area contributed by atoms with Gasteiger partial charge in [-0.05, 0) is 26.3 Å². The number of nitrogens with one attached hydrogen (secondary N) is 1. The van der Waals surface area contributed by atoms with E-state index in [0.29, 0.717) is 5.82 Å². The maximum Gasteiger partial charge on any atom is 0.313 e. The van der Waals surface area contributed by atoms with Gasteiger partial charge in [0.1, 0.15) is 11.7 Å². The van der Waals surface area contributed by atoms with Crippen LogP contribution < -0.4 is 0 Å². The van der Waals surface area contributed by atoms with Crippen LogP contribution in [0.2, 0.25) is 0 Å². The summed E-state index contributed by atoms with van der Waals surface area (Å²) in [4.78, 5) is 18.1. The number of aliphatic carboxylic acids is 1. The van der Waals surface area contributed by atoms with Crippen LogP contribution in [0, 0.1) is 13.8 Å². The minimum Gasteiger partial charge on any atom is -0.481 e. The van der Waals surface area contributed by atoms with Crippen molar-refractivity contribution in [3.05, 3.63) is 41.3 Å². The normalized spacial score (nSPS) is 12.4. The number of carboxylic acids is 1. The van der Waals surface area contributed by atoms with E-state index in [4.69, 9.17) is 5.11 Å². The summed E-state index contributed by atoms with van der Waals surface area (Å²) >= 11 is 0. The minimum atomic E-state index is -0.878. The molecule has 0 saturated carbocycles. The average molecular weight is 244 g/mol. The highest BCUT2D eigenvalue weighted by Crippen LogP contribution is 2.24. The van der Waals surface area contributed by atoms with Crippen molar-refractivity contribution in [1.82, 2.24) is 9.97 Å². The zero-order valence-electron chi connectivity index (χ0n) is 10.7. The Bertz CT molecular complexity index is 587. The first-order valence-electron chi connectivity index (χ1n) is 5.84. The molecule has 0 fully saturated rings. The lowest BCUT2D eigenvalue weighted by Crippen LogP contribution is -2.08. The van der Waals surface area contributed by atoms with Gasteiger partial charge in [-0.2, -0.15) is 0 Å². The lowest BCUT2D eigenvalue weighted by Gasteiger charge is -2.05. The largest absolute Gasteiger partial charge is 0.481 e. The van der Waals surface area contributed by atoms with Gasteiger partial charge in [-0.1, -0.05) is 23.8 Å². The molecule has 18 heavy (non-hydrogen) atoms. The molecule has 0 aliphatic carbocycles. The lowest BCUT2D eigenvalue weighted by atomic mass is 10.0. The van der Waals surface area contributed by atoms with Crippen LogP contribution in [0.4, 0.5) is 0 Å². The van der Waals surface area contributed by atoms with E-state index >= 15 is 0 Å². The molecule has 94 valence electrons. The maximum atomic E-state index is 10.9. The molecule has 0 spiro atoms. The Labute approximate surface area is 106 Å². The van der Waals surface area contributed by atoms with Crippen molar-refractivity contribution < 1.29 is 9.90 Å². The number of nitrogens with zero attached hydrogens (tertiary/aromatic N) is 1. The summed E-state index contributed by atoms with van der Waals surface area (Å²) in [6, 6.07) is 6.15. The van der Waals surface area contributed by atoms with Crippen LogP contribution in [0.15, 0.2) is 24.4 Å². The number of aromatic amines is 1. The number of imidazole rings is 1. The molecule has 1 aromatic heterocycles. The van der Waals surface area contributed by atoms with E-state index in [0.717, 1.165) is 16.8 Å². The highest BCUT2D eigenvalue weighted by molar-refractivity contribution is 5.75. The van der Waals surface area contributed by atoms with Crippen molar-refractivity contribution in [1.29, 1.82) is 0 Å². The van der Waals surface area contributed by atoms with E-state index in [1.54, 1.807) is 13.1 Å². The smallest absolute Gasteiger partial charge is 0.313 e. The van der Waals surface area contributed by atoms with E-state index in [9.17, 15) is 4.79 Å². The third kappa shape index (κ3) is 2.27. The van der Waals surface area contributed by atoms with Crippen LogP contribution >= 0.6 is 0 Å². The molecule has 0 bridgehead atoms. The summed E-state index contributed by atoms with van der Waals surface area (Å²) in [5.41, 5.74) is 4.26. The summed E-state index contributed by atoms with van der Waals surface area (Å²) in [6.07, 6.45) is 1.69. The predicted octanol–water partition coefficient (Wildman–Crippen LogP) is 2.88. The molecule has 1 atom stereocenters. The van der Waals surface area contributed by atoms with E-state index in [-0.39, 0.29) is 0 Å². The highest BCUT2D eigenvalue weighted by Gasteiger charge is 2.17. The zero-order chi connectivity index (χ0) is 13.3. The fourth-order valence-electron chi connectivity index (χ4n) is 1.93. The Hall–Kier alpha value is -2.10. The summed E-state index contributed by atoms with van der Waals surface area (Å²) in [6.45, 7) is 5.69. The Morgan fingerprint density at radius 3 is 2.72 bits per heavy atom. The monoisotopic (exact) mass is 244 g/mol. The summed E-state index contributed by atoms with van der Waals surface area (Å²) in [5, 5.41) is 8.95. The number of carbonyl (C=O) groups is 1. The first-order chi connectivity index (χ1) is 8.49. The van der Waals surface area contributed by atoms with Crippen molar-refractivity contribution in [2.45, 2.75) is 26.7 Å². The van der Waals surface area contributed by atoms with Crippen LogP contribution in [-0.2, 0) is 4.79 Å². The molecule has 0 aliphatic heterocycles. The second-order valence-corrected chi connectivity index (χ2v) is 4.56. The molecule has 2 N–H and O–H groups in total. The molecule has 0 radical (unpaired) electrons. The number of benzene rings is 1. The zero-order valence-corrected chi connectivity index (χ0v) is 10.7. The second-order valence-electron chi connectivity index (χ2n) is 4.56. The molecule has 1 heterocycles. The van der Waals surface area contributed by atoms with Crippen LogP contribution in [0.3, 0.4) is 0 Å². The lowest BCUT2D eigenvalue weighted by molar-refractivity contribution is -0.138. The number of hydrogen-bond donors (Lipinski definition) is 2. The number of aryl methyl sites for hydroxylation is 2. The van der Waals surface area contributed by atoms with Crippen LogP contribution in [-0.4, -0.2) is 21.0 Å². The second kappa shape index (κ2) is 4.64. The fraction of sp³-hybridized carbons (Fsp3) is 0.286. The third-order valence-electron chi connectivity index (χ3n) is 3.05. The van der Waals surface area contributed by atoms with Gasteiger partial charge in [0.05, 0.1) is 11.9 Å². The summed E-state index contributed by atoms with van der Waals surface area (Å²) in [7, 11) is 0. The Kier molecular flexibility index (Phi) is 3.19. The average Bonchev–Trinajstić information content (AvgIpc) is 2.77. The molecule has 0 aliphatic rings. The van der Waals surface area contributed by atoms with Crippen molar-refractivity contribution >= 4 is 5.97 Å². The molecule has 0 amide bonds. The van der Waals surface area contributed by atoms with Crippen LogP contribution in [0.1, 0.15) is 29.8 Å². The highest BCUT2D eigenvalue weighted by atomic mass is 16.4. The van der Waals surface area contributed by atoms with Crippen molar-refractivity contribution in [2.24, 2.45) is 0 Å². The van der Waals surface area contributed by atoms with E-state index in [2.05, 4.69) is 16.0 Å². The third-order valence-corrected chi connectivity index (χ3v) is 3.05. The van der Waals surface area contributed by atoms with Gasteiger partial charge in [0.15, 0.2) is 0 Å². The van der Waals surface area contributed by atoms with Gasteiger partial charge in [-0.15, -0.1) is 0 Å². The number of hydrogen-bond acceptors (Lipinski definition) is 2. The maximum absolute atomic E-state index is 10.9. The number of carboxylic acid groups (broad SMARTS) is 1. The van der Waals surface area contributed by atoms with Crippen LogP contribution in [0.5, 0.6) is 0 Å². The van der Waals surface area contributed by atoms with Crippen molar-refractivity contribution in [3.8, 4) is 11.3 Å². The van der Waals surface area contributed by atoms with Gasteiger partial charge < -0.3 is 10.1 Å². The molecular formula is C14H16N2O2. The number of rotatable bonds is 3. The predicted molar refractivity (Wildman–Crippen MR) is 69.5 cm³/mol. The molecule has 2 rings (SSSR count). The quantitative estimate of drug-likeness (QED) is 0.872. The number of H-pyrrole nitrogens is 1. The summed E-state index contributed by atoms with van der Waals surface area (Å²) in [5.74, 6) is -1.02. The van der Waals surface area contributed by atoms with Gasteiger partial charge in [0, 0.05) is 5.56 Å². The number of aromatic nitrogens is 2.